The van der Waals surface area contributed by atoms with Crippen molar-refractivity contribution in [2.45, 2.75) is 32.5 Å². The van der Waals surface area contributed by atoms with Gasteiger partial charge in [0.1, 0.15) is 12.4 Å². The standard InChI is InChI=1S/C13H18F4N2/c1-3-19(8-13(15,16)17)12-6-4-5-11(14)10(12)7-9(2)18/h4-6,9H,3,7-8,18H2,1-2H3. The molecule has 0 bridgehead atoms. The van der Waals surface area contributed by atoms with Crippen LogP contribution in [0.4, 0.5) is 23.2 Å². The minimum absolute atomic E-state index is 0.148. The molecule has 0 spiro atoms. The topological polar surface area (TPSA) is 29.3 Å². The maximum absolute atomic E-state index is 13.8. The molecule has 0 aromatic heterocycles. The summed E-state index contributed by atoms with van der Waals surface area (Å²) >= 11 is 0. The summed E-state index contributed by atoms with van der Waals surface area (Å²) < 4.78 is 51.3. The van der Waals surface area contributed by atoms with Crippen LogP contribution in [-0.2, 0) is 6.42 Å². The molecule has 0 saturated carbocycles. The molecule has 0 aliphatic heterocycles. The van der Waals surface area contributed by atoms with Crippen molar-refractivity contribution >= 4 is 5.69 Å². The number of anilines is 1. The SMILES string of the molecule is CCN(CC(F)(F)F)c1cccc(F)c1CC(C)N. The summed E-state index contributed by atoms with van der Waals surface area (Å²) in [5.74, 6) is -0.518. The van der Waals surface area contributed by atoms with E-state index in [4.69, 9.17) is 5.73 Å². The number of halogens is 4. The molecule has 0 fully saturated rings. The molecule has 108 valence electrons. The highest BCUT2D eigenvalue weighted by Crippen LogP contribution is 2.27. The van der Waals surface area contributed by atoms with E-state index < -0.39 is 18.5 Å². The molecule has 6 heteroatoms. The van der Waals surface area contributed by atoms with Crippen LogP contribution in [0.1, 0.15) is 19.4 Å². The van der Waals surface area contributed by atoms with Crippen molar-refractivity contribution < 1.29 is 17.6 Å². The fourth-order valence-electron chi connectivity index (χ4n) is 1.95. The highest BCUT2D eigenvalue weighted by atomic mass is 19.4. The van der Waals surface area contributed by atoms with E-state index in [1.54, 1.807) is 13.8 Å². The summed E-state index contributed by atoms with van der Waals surface area (Å²) in [5, 5.41) is 0. The van der Waals surface area contributed by atoms with Crippen molar-refractivity contribution in [2.24, 2.45) is 5.73 Å². The summed E-state index contributed by atoms with van der Waals surface area (Å²) in [6, 6.07) is 3.83. The van der Waals surface area contributed by atoms with E-state index in [0.29, 0.717) is 0 Å². The number of rotatable bonds is 5. The Morgan fingerprint density at radius 2 is 1.95 bits per heavy atom. The van der Waals surface area contributed by atoms with Crippen molar-refractivity contribution in [3.63, 3.8) is 0 Å². The number of hydrogen-bond acceptors (Lipinski definition) is 2. The van der Waals surface area contributed by atoms with Gasteiger partial charge in [-0.25, -0.2) is 4.39 Å². The Morgan fingerprint density at radius 1 is 1.32 bits per heavy atom. The zero-order valence-corrected chi connectivity index (χ0v) is 11.0. The fraction of sp³-hybridized carbons (Fsp3) is 0.538. The van der Waals surface area contributed by atoms with Gasteiger partial charge in [0.2, 0.25) is 0 Å². The van der Waals surface area contributed by atoms with E-state index in [-0.39, 0.29) is 30.3 Å². The molecule has 2 N–H and O–H groups in total. The van der Waals surface area contributed by atoms with Gasteiger partial charge in [0, 0.05) is 23.8 Å². The van der Waals surface area contributed by atoms with Gasteiger partial charge < -0.3 is 10.6 Å². The van der Waals surface area contributed by atoms with E-state index in [1.807, 2.05) is 0 Å². The quantitative estimate of drug-likeness (QED) is 0.839. The Morgan fingerprint density at radius 3 is 2.42 bits per heavy atom. The van der Waals surface area contributed by atoms with Gasteiger partial charge in [-0.3, -0.25) is 0 Å². The summed E-state index contributed by atoms with van der Waals surface area (Å²) in [7, 11) is 0. The van der Waals surface area contributed by atoms with Gasteiger partial charge >= 0.3 is 6.18 Å². The predicted octanol–water partition coefficient (Wildman–Crippen LogP) is 3.10. The van der Waals surface area contributed by atoms with E-state index in [9.17, 15) is 17.6 Å². The zero-order valence-electron chi connectivity index (χ0n) is 11.0. The first-order valence-electron chi connectivity index (χ1n) is 6.09. The lowest BCUT2D eigenvalue weighted by Crippen LogP contribution is -2.35. The minimum atomic E-state index is -4.33. The first-order chi connectivity index (χ1) is 8.74. The van der Waals surface area contributed by atoms with Crippen LogP contribution in [0.5, 0.6) is 0 Å². The van der Waals surface area contributed by atoms with E-state index in [0.717, 1.165) is 4.90 Å². The Balaban J connectivity index is 3.12. The average Bonchev–Trinajstić information content (AvgIpc) is 2.27. The van der Waals surface area contributed by atoms with Gasteiger partial charge in [-0.1, -0.05) is 6.07 Å². The van der Waals surface area contributed by atoms with E-state index in [2.05, 4.69) is 0 Å². The lowest BCUT2D eigenvalue weighted by Gasteiger charge is -2.27. The Labute approximate surface area is 110 Å². The number of nitrogens with two attached hydrogens (primary N) is 1. The summed E-state index contributed by atoms with van der Waals surface area (Å²) in [6.07, 6.45) is -4.12. The molecule has 2 nitrogen and oxygen atoms in total. The monoisotopic (exact) mass is 278 g/mol. The van der Waals surface area contributed by atoms with Crippen molar-refractivity contribution in [2.75, 3.05) is 18.0 Å². The maximum atomic E-state index is 13.8. The molecule has 1 rings (SSSR count). The predicted molar refractivity (Wildman–Crippen MR) is 67.7 cm³/mol. The maximum Gasteiger partial charge on any atom is 0.405 e. The average molecular weight is 278 g/mol. The van der Waals surface area contributed by atoms with Gasteiger partial charge in [0.15, 0.2) is 0 Å². The molecule has 1 aromatic rings. The lowest BCUT2D eigenvalue weighted by molar-refractivity contribution is -0.119. The van der Waals surface area contributed by atoms with Crippen molar-refractivity contribution in [1.29, 1.82) is 0 Å². The molecule has 0 heterocycles. The molecule has 1 unspecified atom stereocenters. The number of benzene rings is 1. The van der Waals surface area contributed by atoms with Crippen LogP contribution in [0.2, 0.25) is 0 Å². The Kier molecular flexibility index (Phi) is 5.17. The van der Waals surface area contributed by atoms with Gasteiger partial charge in [0.25, 0.3) is 0 Å². The van der Waals surface area contributed by atoms with E-state index >= 15 is 0 Å². The molecule has 19 heavy (non-hydrogen) atoms. The molecular weight excluding hydrogens is 260 g/mol. The second kappa shape index (κ2) is 6.23. The van der Waals surface area contributed by atoms with Gasteiger partial charge in [0.05, 0.1) is 0 Å². The second-order valence-electron chi connectivity index (χ2n) is 4.55. The summed E-state index contributed by atoms with van der Waals surface area (Å²) in [5.41, 5.74) is 6.12. The largest absolute Gasteiger partial charge is 0.405 e. The summed E-state index contributed by atoms with van der Waals surface area (Å²) in [6.45, 7) is 2.34. The van der Waals surface area contributed by atoms with Gasteiger partial charge in [-0.05, 0) is 32.4 Å². The molecule has 0 saturated heterocycles. The molecule has 1 atom stereocenters. The molecule has 0 radical (unpaired) electrons. The third-order valence-corrected chi connectivity index (χ3v) is 2.71. The van der Waals surface area contributed by atoms with Crippen LogP contribution in [0.25, 0.3) is 0 Å². The minimum Gasteiger partial charge on any atom is -0.363 e. The van der Waals surface area contributed by atoms with Crippen LogP contribution in [0, 0.1) is 5.82 Å². The van der Waals surface area contributed by atoms with Gasteiger partial charge in [-0.2, -0.15) is 13.2 Å². The van der Waals surface area contributed by atoms with E-state index in [1.165, 1.54) is 18.2 Å². The highest BCUT2D eigenvalue weighted by molar-refractivity contribution is 5.54. The number of hydrogen-bond donors (Lipinski definition) is 1. The lowest BCUT2D eigenvalue weighted by atomic mass is 10.0. The molecule has 1 aromatic carbocycles. The molecule has 0 aliphatic carbocycles. The molecule has 0 aliphatic rings. The second-order valence-corrected chi connectivity index (χ2v) is 4.55. The smallest absolute Gasteiger partial charge is 0.363 e. The third-order valence-electron chi connectivity index (χ3n) is 2.71. The number of nitrogens with zero attached hydrogens (tertiary/aromatic N) is 1. The molecule has 0 amide bonds. The normalized spacial score (nSPS) is 13.4. The summed E-state index contributed by atoms with van der Waals surface area (Å²) in [4.78, 5) is 1.11. The first-order valence-corrected chi connectivity index (χ1v) is 6.09. The third kappa shape index (κ3) is 4.70. The van der Waals surface area contributed by atoms with Gasteiger partial charge in [-0.15, -0.1) is 0 Å². The van der Waals surface area contributed by atoms with Crippen molar-refractivity contribution in [1.82, 2.24) is 0 Å². The zero-order chi connectivity index (χ0) is 14.6. The van der Waals surface area contributed by atoms with Crippen molar-refractivity contribution in [3.8, 4) is 0 Å². The van der Waals surface area contributed by atoms with Crippen LogP contribution < -0.4 is 10.6 Å². The Hall–Kier alpha value is -1.30. The van der Waals surface area contributed by atoms with Crippen molar-refractivity contribution in [3.05, 3.63) is 29.6 Å². The molecular formula is C13H18F4N2. The number of alkyl halides is 3. The van der Waals surface area contributed by atoms with Crippen LogP contribution in [0.15, 0.2) is 18.2 Å². The highest BCUT2D eigenvalue weighted by Gasteiger charge is 2.31. The Bertz CT molecular complexity index is 416. The van der Waals surface area contributed by atoms with Crippen LogP contribution in [0.3, 0.4) is 0 Å². The van der Waals surface area contributed by atoms with Crippen LogP contribution in [-0.4, -0.2) is 25.3 Å². The fourth-order valence-corrected chi connectivity index (χ4v) is 1.95. The first kappa shape index (κ1) is 15.8. The van der Waals surface area contributed by atoms with Crippen LogP contribution >= 0.6 is 0 Å².